The molecule has 3 nitrogen and oxygen atoms in total. The first-order valence-electron chi connectivity index (χ1n) is 4.93. The summed E-state index contributed by atoms with van der Waals surface area (Å²) in [4.78, 5) is 12.0. The van der Waals surface area contributed by atoms with Crippen molar-refractivity contribution in [1.29, 1.82) is 5.26 Å². The van der Waals surface area contributed by atoms with Gasteiger partial charge in [-0.05, 0) is 46.2 Å². The molecule has 0 saturated carbocycles. The van der Waals surface area contributed by atoms with E-state index in [9.17, 15) is 4.79 Å². The molecule has 15 heavy (non-hydrogen) atoms. The van der Waals surface area contributed by atoms with Crippen LogP contribution in [-0.2, 0) is 5.54 Å². The number of nitrogens with zero attached hydrogens (tertiary/aromatic N) is 2. The van der Waals surface area contributed by atoms with E-state index in [4.69, 9.17) is 5.26 Å². The Morgan fingerprint density at radius 2 is 1.87 bits per heavy atom. The molecular weight excluding hydrogens is 188 g/mol. The van der Waals surface area contributed by atoms with Crippen LogP contribution >= 0.6 is 0 Å². The topological polar surface area (TPSA) is 45.8 Å². The monoisotopic (exact) mass is 204 g/mol. The molecule has 1 aromatic heterocycles. The Labute approximate surface area is 90.0 Å². The highest BCUT2D eigenvalue weighted by atomic mass is 16.1. The fraction of sp³-hybridized carbons (Fsp3) is 0.500. The van der Waals surface area contributed by atoms with E-state index in [-0.39, 0.29) is 16.7 Å². The van der Waals surface area contributed by atoms with Crippen LogP contribution in [-0.4, -0.2) is 4.57 Å². The van der Waals surface area contributed by atoms with Crippen LogP contribution < -0.4 is 5.56 Å². The molecule has 0 amide bonds. The van der Waals surface area contributed by atoms with Gasteiger partial charge >= 0.3 is 0 Å². The Balaban J connectivity index is 3.71. The average molecular weight is 204 g/mol. The van der Waals surface area contributed by atoms with Crippen molar-refractivity contribution >= 4 is 0 Å². The van der Waals surface area contributed by atoms with Crippen molar-refractivity contribution in [3.05, 3.63) is 33.2 Å². The van der Waals surface area contributed by atoms with Gasteiger partial charge in [0.2, 0.25) is 0 Å². The second-order valence-corrected chi connectivity index (χ2v) is 4.77. The normalized spacial score (nSPS) is 11.2. The summed E-state index contributed by atoms with van der Waals surface area (Å²) in [7, 11) is 0. The Bertz CT molecular complexity index is 484. The van der Waals surface area contributed by atoms with Crippen molar-refractivity contribution in [2.24, 2.45) is 0 Å². The van der Waals surface area contributed by atoms with Crippen LogP contribution in [0.3, 0.4) is 0 Å². The zero-order chi connectivity index (χ0) is 11.8. The maximum absolute atomic E-state index is 12.0. The first-order chi connectivity index (χ1) is 6.79. The third-order valence-corrected chi connectivity index (χ3v) is 2.37. The quantitative estimate of drug-likeness (QED) is 0.649. The lowest BCUT2D eigenvalue weighted by Crippen LogP contribution is -2.37. The zero-order valence-corrected chi connectivity index (χ0v) is 9.88. The lowest BCUT2D eigenvalue weighted by Gasteiger charge is -2.25. The predicted molar refractivity (Wildman–Crippen MR) is 59.9 cm³/mol. The van der Waals surface area contributed by atoms with E-state index in [2.05, 4.69) is 0 Å². The van der Waals surface area contributed by atoms with Gasteiger partial charge in [0.05, 0.1) is 0 Å². The number of aromatic nitrogens is 1. The molecule has 1 heterocycles. The third kappa shape index (κ3) is 1.94. The average Bonchev–Trinajstić information content (AvgIpc) is 2.00. The summed E-state index contributed by atoms with van der Waals surface area (Å²) in [6, 6.07) is 3.85. The van der Waals surface area contributed by atoms with Crippen molar-refractivity contribution in [3.63, 3.8) is 0 Å². The summed E-state index contributed by atoms with van der Waals surface area (Å²) in [6.07, 6.45) is 0. The lowest BCUT2D eigenvalue weighted by molar-refractivity contribution is 0.375. The van der Waals surface area contributed by atoms with Gasteiger partial charge in [-0.25, -0.2) is 0 Å². The van der Waals surface area contributed by atoms with Crippen molar-refractivity contribution in [2.75, 3.05) is 0 Å². The first kappa shape index (κ1) is 11.5. The number of nitriles is 1. The number of aryl methyl sites for hydroxylation is 2. The lowest BCUT2D eigenvalue weighted by atomic mass is 10.0. The van der Waals surface area contributed by atoms with Gasteiger partial charge in [-0.2, -0.15) is 5.26 Å². The molecule has 1 aromatic rings. The Morgan fingerprint density at radius 1 is 1.33 bits per heavy atom. The van der Waals surface area contributed by atoms with Crippen LogP contribution in [0, 0.1) is 25.2 Å². The van der Waals surface area contributed by atoms with Crippen molar-refractivity contribution in [1.82, 2.24) is 4.57 Å². The highest BCUT2D eigenvalue weighted by Crippen LogP contribution is 2.15. The van der Waals surface area contributed by atoms with Crippen molar-refractivity contribution in [3.8, 4) is 6.07 Å². The zero-order valence-electron chi connectivity index (χ0n) is 9.88. The molecule has 0 atom stereocenters. The third-order valence-electron chi connectivity index (χ3n) is 2.37. The molecule has 80 valence electrons. The summed E-state index contributed by atoms with van der Waals surface area (Å²) in [5, 5.41) is 8.92. The SMILES string of the molecule is Cc1cc(C)n(C(C)(C)C)c(=O)c1C#N. The van der Waals surface area contributed by atoms with Crippen LogP contribution in [0.4, 0.5) is 0 Å². The molecule has 0 aliphatic heterocycles. The van der Waals surface area contributed by atoms with E-state index in [1.807, 2.05) is 39.8 Å². The van der Waals surface area contributed by atoms with Crippen molar-refractivity contribution < 1.29 is 0 Å². The fourth-order valence-electron chi connectivity index (χ4n) is 1.86. The minimum absolute atomic E-state index is 0.192. The smallest absolute Gasteiger partial charge is 0.269 e. The van der Waals surface area contributed by atoms with Gasteiger partial charge in [0, 0.05) is 11.2 Å². The molecule has 0 spiro atoms. The molecule has 0 unspecified atom stereocenters. The predicted octanol–water partition coefficient (Wildman–Crippen LogP) is 2.09. The van der Waals surface area contributed by atoms with Gasteiger partial charge in [0.1, 0.15) is 11.6 Å². The van der Waals surface area contributed by atoms with E-state index < -0.39 is 0 Å². The summed E-state index contributed by atoms with van der Waals surface area (Å²) in [5.41, 5.74) is 1.41. The maximum atomic E-state index is 12.0. The molecule has 0 radical (unpaired) electrons. The van der Waals surface area contributed by atoms with Gasteiger partial charge in [-0.15, -0.1) is 0 Å². The molecule has 0 aliphatic rings. The molecule has 0 aromatic carbocycles. The number of hydrogen-bond acceptors (Lipinski definition) is 2. The van der Waals surface area contributed by atoms with E-state index in [0.717, 1.165) is 11.3 Å². The highest BCUT2D eigenvalue weighted by Gasteiger charge is 2.19. The van der Waals surface area contributed by atoms with E-state index >= 15 is 0 Å². The van der Waals surface area contributed by atoms with Crippen LogP contribution in [0.1, 0.15) is 37.6 Å². The van der Waals surface area contributed by atoms with Crippen LogP contribution in [0.5, 0.6) is 0 Å². The summed E-state index contributed by atoms with van der Waals surface area (Å²) >= 11 is 0. The fourth-order valence-corrected chi connectivity index (χ4v) is 1.86. The summed E-state index contributed by atoms with van der Waals surface area (Å²) < 4.78 is 1.67. The molecule has 0 N–H and O–H groups in total. The summed E-state index contributed by atoms with van der Waals surface area (Å²) in [5.74, 6) is 0. The van der Waals surface area contributed by atoms with E-state index in [0.29, 0.717) is 0 Å². The molecule has 0 fully saturated rings. The number of hydrogen-bond donors (Lipinski definition) is 0. The highest BCUT2D eigenvalue weighted by molar-refractivity contribution is 5.36. The first-order valence-corrected chi connectivity index (χ1v) is 4.93. The maximum Gasteiger partial charge on any atom is 0.269 e. The van der Waals surface area contributed by atoms with Gasteiger partial charge < -0.3 is 4.57 Å². The minimum Gasteiger partial charge on any atom is -0.307 e. The summed E-state index contributed by atoms with van der Waals surface area (Å²) in [6.45, 7) is 9.55. The van der Waals surface area contributed by atoms with E-state index in [1.165, 1.54) is 0 Å². The van der Waals surface area contributed by atoms with Gasteiger partial charge in [-0.1, -0.05) is 0 Å². The van der Waals surface area contributed by atoms with Gasteiger partial charge in [0.15, 0.2) is 0 Å². The standard InChI is InChI=1S/C12H16N2O/c1-8-6-9(2)14(12(3,4)5)11(15)10(8)7-13/h6H,1-5H3. The van der Waals surface area contributed by atoms with Crippen LogP contribution in [0.25, 0.3) is 0 Å². The van der Waals surface area contributed by atoms with Crippen molar-refractivity contribution in [2.45, 2.75) is 40.2 Å². The minimum atomic E-state index is -0.291. The second kappa shape index (κ2) is 3.54. The second-order valence-electron chi connectivity index (χ2n) is 4.77. The molecule has 0 bridgehead atoms. The Morgan fingerprint density at radius 3 is 2.27 bits per heavy atom. The molecule has 1 rings (SSSR count). The van der Waals surface area contributed by atoms with Gasteiger partial charge in [-0.3, -0.25) is 4.79 Å². The van der Waals surface area contributed by atoms with E-state index in [1.54, 1.807) is 11.5 Å². The molecular formula is C12H16N2O. The van der Waals surface area contributed by atoms with Crippen LogP contribution in [0.15, 0.2) is 10.9 Å². The Kier molecular flexibility index (Phi) is 2.72. The van der Waals surface area contributed by atoms with Crippen LogP contribution in [0.2, 0.25) is 0 Å². The largest absolute Gasteiger partial charge is 0.307 e. The molecule has 3 heteroatoms. The number of pyridine rings is 1. The molecule has 0 aliphatic carbocycles. The number of rotatable bonds is 0. The molecule has 0 saturated heterocycles. The van der Waals surface area contributed by atoms with Gasteiger partial charge in [0.25, 0.3) is 5.56 Å². The Hall–Kier alpha value is -1.56.